The Hall–Kier alpha value is -3.16. The molecule has 33 heavy (non-hydrogen) atoms. The summed E-state index contributed by atoms with van der Waals surface area (Å²) >= 11 is 0. The lowest BCUT2D eigenvalue weighted by atomic mass is 9.79. The van der Waals surface area contributed by atoms with Gasteiger partial charge in [0, 0.05) is 56.5 Å². The van der Waals surface area contributed by atoms with Gasteiger partial charge in [0.15, 0.2) is 0 Å². The Morgan fingerprint density at radius 3 is 2.67 bits per heavy atom. The number of carbonyl (C=O) groups excluding carboxylic acids is 2. The van der Waals surface area contributed by atoms with Crippen molar-refractivity contribution in [3.8, 4) is 0 Å². The van der Waals surface area contributed by atoms with Crippen molar-refractivity contribution in [3.63, 3.8) is 0 Å². The number of para-hydroxylation sites is 1. The molecule has 2 aliphatic rings. The van der Waals surface area contributed by atoms with Crippen molar-refractivity contribution >= 4 is 34.5 Å². The van der Waals surface area contributed by atoms with Crippen molar-refractivity contribution in [1.29, 1.82) is 0 Å². The third kappa shape index (κ3) is 4.94. The third-order valence-corrected chi connectivity index (χ3v) is 6.66. The van der Waals surface area contributed by atoms with Crippen LogP contribution in [0.3, 0.4) is 0 Å². The molecule has 4 rings (SSSR count). The van der Waals surface area contributed by atoms with Gasteiger partial charge in [-0.25, -0.2) is 4.98 Å². The molecule has 0 unspecified atom stereocenters. The molecule has 176 valence electrons. The van der Waals surface area contributed by atoms with Crippen LogP contribution in [-0.4, -0.2) is 66.0 Å². The van der Waals surface area contributed by atoms with Gasteiger partial charge in [-0.3, -0.25) is 9.59 Å². The lowest BCUT2D eigenvalue weighted by Crippen LogP contribution is -2.59. The molecular weight excluding hydrogens is 416 g/mol. The number of carbonyl (C=O) groups is 2. The van der Waals surface area contributed by atoms with Gasteiger partial charge in [-0.2, -0.15) is 4.98 Å². The van der Waals surface area contributed by atoms with Crippen molar-refractivity contribution in [2.24, 2.45) is 11.3 Å². The quantitative estimate of drug-likeness (QED) is 0.601. The summed E-state index contributed by atoms with van der Waals surface area (Å²) in [5.41, 5.74) is 0.993. The number of rotatable bonds is 8. The monoisotopic (exact) mass is 450 g/mol. The Kier molecular flexibility index (Phi) is 6.54. The van der Waals surface area contributed by atoms with E-state index in [9.17, 15) is 9.59 Å². The minimum atomic E-state index is -0.0221. The van der Waals surface area contributed by atoms with Gasteiger partial charge >= 0.3 is 0 Å². The van der Waals surface area contributed by atoms with Gasteiger partial charge in [0.05, 0.1) is 5.52 Å². The summed E-state index contributed by atoms with van der Waals surface area (Å²) in [6, 6.07) is 7.96. The number of amides is 2. The molecule has 0 bridgehead atoms. The van der Waals surface area contributed by atoms with Crippen LogP contribution < -0.4 is 15.5 Å². The second-order valence-electron chi connectivity index (χ2n) is 9.81. The number of nitrogens with zero attached hydrogens (tertiary/aromatic N) is 4. The molecule has 2 amide bonds. The number of fused-ring (bicyclic) bond motifs is 1. The number of aromatic nitrogens is 2. The van der Waals surface area contributed by atoms with Crippen molar-refractivity contribution in [1.82, 2.24) is 20.2 Å². The van der Waals surface area contributed by atoms with E-state index in [1.165, 1.54) is 6.08 Å². The van der Waals surface area contributed by atoms with Gasteiger partial charge in [-0.05, 0) is 37.0 Å². The Labute approximate surface area is 195 Å². The first-order valence-corrected chi connectivity index (χ1v) is 11.7. The third-order valence-electron chi connectivity index (χ3n) is 6.66. The predicted octanol–water partition coefficient (Wildman–Crippen LogP) is 2.82. The second kappa shape index (κ2) is 9.37. The van der Waals surface area contributed by atoms with Crippen LogP contribution in [0.25, 0.3) is 10.9 Å². The topological polar surface area (TPSA) is 90.5 Å². The van der Waals surface area contributed by atoms with Gasteiger partial charge in [0.1, 0.15) is 5.82 Å². The van der Waals surface area contributed by atoms with Crippen LogP contribution in [0.4, 0.5) is 11.8 Å². The lowest BCUT2D eigenvalue weighted by Gasteiger charge is -2.47. The molecule has 1 atom stereocenters. The summed E-state index contributed by atoms with van der Waals surface area (Å²) in [6.07, 6.45) is 3.65. The van der Waals surface area contributed by atoms with Crippen LogP contribution in [0.15, 0.2) is 36.9 Å². The molecule has 0 aliphatic carbocycles. The van der Waals surface area contributed by atoms with Crippen LogP contribution in [0.1, 0.15) is 33.1 Å². The normalized spacial score (nSPS) is 17.8. The maximum absolute atomic E-state index is 12.1. The van der Waals surface area contributed by atoms with Crippen LogP contribution in [0, 0.1) is 11.3 Å². The molecule has 1 aromatic heterocycles. The molecule has 2 aromatic rings. The Morgan fingerprint density at radius 2 is 1.97 bits per heavy atom. The number of anilines is 2. The Balaban J connectivity index is 1.57. The summed E-state index contributed by atoms with van der Waals surface area (Å²) in [7, 11) is 1.67. The van der Waals surface area contributed by atoms with Gasteiger partial charge < -0.3 is 20.4 Å². The molecular formula is C25H34N6O2. The van der Waals surface area contributed by atoms with E-state index >= 15 is 0 Å². The second-order valence-corrected chi connectivity index (χ2v) is 9.81. The van der Waals surface area contributed by atoms with Gasteiger partial charge in [0.2, 0.25) is 17.8 Å². The smallest absolute Gasteiger partial charge is 0.245 e. The average Bonchev–Trinajstić information content (AvgIpc) is 3.23. The number of hydrogen-bond acceptors (Lipinski definition) is 6. The fraction of sp³-hybridized carbons (Fsp3) is 0.520. The summed E-state index contributed by atoms with van der Waals surface area (Å²) in [5.74, 6) is 1.92. The van der Waals surface area contributed by atoms with E-state index in [1.54, 1.807) is 7.05 Å². The van der Waals surface area contributed by atoms with Crippen LogP contribution in [0.5, 0.6) is 0 Å². The van der Waals surface area contributed by atoms with Crippen LogP contribution in [0.2, 0.25) is 0 Å². The first kappa shape index (κ1) is 23.0. The molecule has 1 aromatic carbocycles. The maximum Gasteiger partial charge on any atom is 0.245 e. The fourth-order valence-corrected chi connectivity index (χ4v) is 5.01. The predicted molar refractivity (Wildman–Crippen MR) is 131 cm³/mol. The molecule has 2 saturated heterocycles. The SMILES string of the molecule is C=CC(=O)N1CC2(CCN(c3nc(N[C@H](CC(=O)NC)CC(C)C)c4ccccc4n3)C2)C1. The Bertz CT molecular complexity index is 1050. The maximum atomic E-state index is 12.1. The molecule has 8 heteroatoms. The molecule has 2 N–H and O–H groups in total. The van der Waals surface area contributed by atoms with Crippen LogP contribution >= 0.6 is 0 Å². The zero-order chi connectivity index (χ0) is 23.6. The van der Waals surface area contributed by atoms with E-state index in [0.29, 0.717) is 18.3 Å². The molecule has 8 nitrogen and oxygen atoms in total. The van der Waals surface area contributed by atoms with E-state index in [-0.39, 0.29) is 23.3 Å². The first-order chi connectivity index (χ1) is 15.8. The molecule has 0 radical (unpaired) electrons. The van der Waals surface area contributed by atoms with Crippen molar-refractivity contribution < 1.29 is 9.59 Å². The largest absolute Gasteiger partial charge is 0.366 e. The zero-order valence-corrected chi connectivity index (χ0v) is 19.8. The van der Waals surface area contributed by atoms with E-state index in [4.69, 9.17) is 9.97 Å². The Morgan fingerprint density at radius 1 is 1.21 bits per heavy atom. The van der Waals surface area contributed by atoms with Crippen molar-refractivity contribution in [2.45, 2.75) is 39.2 Å². The summed E-state index contributed by atoms with van der Waals surface area (Å²) in [6.45, 7) is 11.1. The number of hydrogen-bond donors (Lipinski definition) is 2. The minimum absolute atomic E-state index is 0.000160. The van der Waals surface area contributed by atoms with Gasteiger partial charge in [-0.15, -0.1) is 0 Å². The highest BCUT2D eigenvalue weighted by Crippen LogP contribution is 2.41. The molecule has 1 spiro atoms. The van der Waals surface area contributed by atoms with Gasteiger partial charge in [-0.1, -0.05) is 32.6 Å². The van der Waals surface area contributed by atoms with Gasteiger partial charge in [0.25, 0.3) is 0 Å². The highest BCUT2D eigenvalue weighted by Gasteiger charge is 2.49. The molecule has 0 saturated carbocycles. The fourth-order valence-electron chi connectivity index (χ4n) is 5.01. The summed E-state index contributed by atoms with van der Waals surface area (Å²) in [4.78, 5) is 37.9. The highest BCUT2D eigenvalue weighted by molar-refractivity contribution is 5.90. The summed E-state index contributed by atoms with van der Waals surface area (Å²) < 4.78 is 0. The number of likely N-dealkylation sites (tertiary alicyclic amines) is 1. The zero-order valence-electron chi connectivity index (χ0n) is 19.8. The van der Waals surface area contributed by atoms with E-state index in [0.717, 1.165) is 55.7 Å². The molecule has 2 aliphatic heterocycles. The minimum Gasteiger partial charge on any atom is -0.366 e. The lowest BCUT2D eigenvalue weighted by molar-refractivity contribution is -0.136. The standard InChI is InChI=1S/C25H34N6O2/c1-5-22(33)31-15-25(16-31)10-11-30(14-25)24-28-20-9-7-6-8-19(20)23(29-24)27-18(12-17(2)3)13-21(32)26-4/h5-9,17-18H,1,10-16H2,2-4H3,(H,26,32)(H,27,28,29)/t18-/m0/s1. The van der Waals surface area contributed by atoms with E-state index in [1.807, 2.05) is 29.2 Å². The average molecular weight is 451 g/mol. The van der Waals surface area contributed by atoms with Crippen molar-refractivity contribution in [3.05, 3.63) is 36.9 Å². The first-order valence-electron chi connectivity index (χ1n) is 11.7. The van der Waals surface area contributed by atoms with Crippen molar-refractivity contribution in [2.75, 3.05) is 43.4 Å². The highest BCUT2D eigenvalue weighted by atomic mass is 16.2. The number of benzene rings is 1. The molecule has 3 heterocycles. The van der Waals surface area contributed by atoms with Crippen LogP contribution in [-0.2, 0) is 9.59 Å². The van der Waals surface area contributed by atoms with E-state index in [2.05, 4.69) is 36.0 Å². The molecule has 2 fully saturated rings. The van der Waals surface area contributed by atoms with E-state index < -0.39 is 0 Å². The summed E-state index contributed by atoms with van der Waals surface area (Å²) in [5, 5.41) is 7.24. The number of nitrogens with one attached hydrogen (secondary N) is 2.